The predicted octanol–water partition coefficient (Wildman–Crippen LogP) is 1.24. The van der Waals surface area contributed by atoms with E-state index >= 15 is 0 Å². The van der Waals surface area contributed by atoms with Gasteiger partial charge in [-0.3, -0.25) is 31.1 Å². The molecule has 0 saturated heterocycles. The molecule has 0 amide bonds. The smallest absolute Gasteiger partial charge is 0.298 e. The first-order chi connectivity index (χ1) is 7.16. The molecule has 0 spiro atoms. The highest BCUT2D eigenvalue weighted by atomic mass is 32.7. The van der Waals surface area contributed by atoms with Crippen LogP contribution >= 0.6 is 25.6 Å². The normalized spacial score (nSPS) is 12.5. The van der Waals surface area contributed by atoms with Crippen molar-refractivity contribution in [2.24, 2.45) is 22.0 Å². The molecule has 0 fully saturated rings. The topological polar surface area (TPSA) is 150 Å². The Kier molecular flexibility index (Phi) is 4.20. The van der Waals surface area contributed by atoms with E-state index in [1.807, 2.05) is 0 Å². The van der Waals surface area contributed by atoms with E-state index in [0.717, 1.165) is 11.4 Å². The van der Waals surface area contributed by atoms with Crippen molar-refractivity contribution in [3.8, 4) is 0 Å². The van der Waals surface area contributed by atoms with Gasteiger partial charge in [-0.1, -0.05) is 6.07 Å². The van der Waals surface area contributed by atoms with Crippen LogP contribution in [0.1, 0.15) is 0 Å². The maximum atomic E-state index is 11.2. The third-order valence-corrected chi connectivity index (χ3v) is 4.23. The molecule has 7 nitrogen and oxygen atoms in total. The van der Waals surface area contributed by atoms with Gasteiger partial charge in [0.2, 0.25) is 0 Å². The molecule has 90 valence electrons. The molecule has 0 aliphatic heterocycles. The molecule has 10 heteroatoms. The SMILES string of the molecule is NP(N)(=O)Nc1cccc(SP(N)(N)=O)c1. The predicted molar refractivity (Wildman–Crippen MR) is 67.9 cm³/mol. The van der Waals surface area contributed by atoms with Crippen molar-refractivity contribution < 1.29 is 9.13 Å². The van der Waals surface area contributed by atoms with Gasteiger partial charge in [0.1, 0.15) is 0 Å². The first kappa shape index (κ1) is 13.7. The van der Waals surface area contributed by atoms with Crippen molar-refractivity contribution >= 4 is 31.3 Å². The summed E-state index contributed by atoms with van der Waals surface area (Å²) in [6, 6.07) is 6.49. The summed E-state index contributed by atoms with van der Waals surface area (Å²) in [5.74, 6) is 0. The Morgan fingerprint density at radius 1 is 1.12 bits per heavy atom. The zero-order valence-corrected chi connectivity index (χ0v) is 10.8. The third kappa shape index (κ3) is 5.67. The minimum Gasteiger partial charge on any atom is -0.313 e. The highest BCUT2D eigenvalue weighted by molar-refractivity contribution is 8.56. The van der Waals surface area contributed by atoms with E-state index in [0.29, 0.717) is 10.6 Å². The van der Waals surface area contributed by atoms with Gasteiger partial charge in [0.15, 0.2) is 0 Å². The maximum absolute atomic E-state index is 11.2. The molecule has 1 aromatic rings. The van der Waals surface area contributed by atoms with Crippen molar-refractivity contribution in [1.29, 1.82) is 0 Å². The highest BCUT2D eigenvalue weighted by Crippen LogP contribution is 2.48. The van der Waals surface area contributed by atoms with Crippen molar-refractivity contribution in [3.63, 3.8) is 0 Å². The van der Waals surface area contributed by atoms with Crippen LogP contribution in [0.4, 0.5) is 5.69 Å². The first-order valence-electron chi connectivity index (χ1n) is 4.08. The third-order valence-electron chi connectivity index (χ3n) is 1.39. The van der Waals surface area contributed by atoms with Gasteiger partial charge in [-0.05, 0) is 29.6 Å². The standard InChI is InChI=1S/C6H13N5O2P2S/c7-14(8,12)11-5-2-1-3-6(4-5)16-15(9,10)13/h1-4H,(H4,9,10,13)(H5,7,8,11,12). The fourth-order valence-electron chi connectivity index (χ4n) is 0.989. The lowest BCUT2D eigenvalue weighted by atomic mass is 10.3. The van der Waals surface area contributed by atoms with E-state index in [9.17, 15) is 9.13 Å². The highest BCUT2D eigenvalue weighted by Gasteiger charge is 2.12. The van der Waals surface area contributed by atoms with Gasteiger partial charge in [-0.15, -0.1) is 0 Å². The Hall–Kier alpha value is -0.330. The molecule has 16 heavy (non-hydrogen) atoms. The number of nitrogens with two attached hydrogens (primary N) is 4. The van der Waals surface area contributed by atoms with Crippen LogP contribution in [0.5, 0.6) is 0 Å². The van der Waals surface area contributed by atoms with Crippen molar-refractivity contribution in [2.45, 2.75) is 4.90 Å². The molecule has 0 radical (unpaired) electrons. The Morgan fingerprint density at radius 2 is 1.75 bits per heavy atom. The molecule has 1 aromatic carbocycles. The summed E-state index contributed by atoms with van der Waals surface area (Å²) >= 11 is 0.841. The molecule has 0 aliphatic carbocycles. The molecular weight excluding hydrogens is 268 g/mol. The van der Waals surface area contributed by atoms with Gasteiger partial charge in [0, 0.05) is 10.6 Å². The second kappa shape index (κ2) is 4.89. The number of nitrogens with one attached hydrogen (secondary N) is 1. The number of rotatable bonds is 4. The van der Waals surface area contributed by atoms with Crippen LogP contribution in [0.15, 0.2) is 29.2 Å². The van der Waals surface area contributed by atoms with Crippen LogP contribution < -0.4 is 27.1 Å². The van der Waals surface area contributed by atoms with Gasteiger partial charge in [-0.2, -0.15) is 0 Å². The van der Waals surface area contributed by atoms with E-state index < -0.39 is 14.2 Å². The first-order valence-corrected chi connectivity index (χ1v) is 9.19. The quantitative estimate of drug-likeness (QED) is 0.517. The summed E-state index contributed by atoms with van der Waals surface area (Å²) in [6.07, 6.45) is 0. The van der Waals surface area contributed by atoms with Crippen LogP contribution in [-0.4, -0.2) is 0 Å². The van der Waals surface area contributed by atoms with Crippen LogP contribution in [-0.2, 0) is 9.13 Å². The summed E-state index contributed by atoms with van der Waals surface area (Å²) in [5, 5.41) is 2.43. The van der Waals surface area contributed by atoms with Gasteiger partial charge in [0.05, 0.1) is 0 Å². The Bertz CT molecular complexity index is 430. The van der Waals surface area contributed by atoms with Crippen LogP contribution in [0.25, 0.3) is 0 Å². The lowest BCUT2D eigenvalue weighted by Gasteiger charge is -2.11. The number of hydrogen-bond acceptors (Lipinski definition) is 3. The van der Waals surface area contributed by atoms with Crippen LogP contribution in [0.2, 0.25) is 0 Å². The Labute approximate surface area is 97.1 Å². The summed E-state index contributed by atoms with van der Waals surface area (Å²) in [6.45, 7) is -3.20. The zero-order chi connectivity index (χ0) is 12.4. The summed E-state index contributed by atoms with van der Waals surface area (Å²) in [7, 11) is -3.35. The molecule has 0 aliphatic rings. The Morgan fingerprint density at radius 3 is 2.25 bits per heavy atom. The van der Waals surface area contributed by atoms with Gasteiger partial charge >= 0.3 is 0 Å². The molecular formula is C6H13N5O2P2S. The van der Waals surface area contributed by atoms with Crippen molar-refractivity contribution in [2.75, 3.05) is 5.09 Å². The fraction of sp³-hybridized carbons (Fsp3) is 0. The molecule has 0 aromatic heterocycles. The average Bonchev–Trinajstić information content (AvgIpc) is 1.96. The molecule has 9 N–H and O–H groups in total. The lowest BCUT2D eigenvalue weighted by Crippen LogP contribution is -2.13. The van der Waals surface area contributed by atoms with E-state index in [1.165, 1.54) is 0 Å². The minimum absolute atomic E-state index is 0.451. The molecule has 0 bridgehead atoms. The van der Waals surface area contributed by atoms with Crippen molar-refractivity contribution in [1.82, 2.24) is 0 Å². The maximum Gasteiger partial charge on any atom is 0.298 e. The largest absolute Gasteiger partial charge is 0.313 e. The van der Waals surface area contributed by atoms with E-state index in [1.54, 1.807) is 24.3 Å². The Balaban J connectivity index is 2.88. The molecule has 0 saturated carbocycles. The second-order valence-corrected chi connectivity index (χ2v) is 8.93. The molecule has 0 heterocycles. The summed E-state index contributed by atoms with van der Waals surface area (Å²) in [4.78, 5) is 0.576. The number of anilines is 1. The monoisotopic (exact) mass is 281 g/mol. The van der Waals surface area contributed by atoms with Crippen LogP contribution in [0.3, 0.4) is 0 Å². The van der Waals surface area contributed by atoms with E-state index in [2.05, 4.69) is 5.09 Å². The fourth-order valence-corrected chi connectivity index (χ4v) is 3.51. The van der Waals surface area contributed by atoms with E-state index in [4.69, 9.17) is 22.0 Å². The van der Waals surface area contributed by atoms with Gasteiger partial charge in [-0.25, -0.2) is 0 Å². The molecule has 0 unspecified atom stereocenters. The van der Waals surface area contributed by atoms with Gasteiger partial charge < -0.3 is 5.09 Å². The zero-order valence-electron chi connectivity index (χ0n) is 8.24. The number of benzene rings is 1. The minimum atomic E-state index is -3.35. The summed E-state index contributed by atoms with van der Waals surface area (Å²) < 4.78 is 22.3. The number of hydrogen-bond donors (Lipinski definition) is 5. The lowest BCUT2D eigenvalue weighted by molar-refractivity contribution is 0.580. The summed E-state index contributed by atoms with van der Waals surface area (Å²) in [5.41, 5.74) is 21.2. The van der Waals surface area contributed by atoms with Crippen LogP contribution in [0, 0.1) is 0 Å². The van der Waals surface area contributed by atoms with E-state index in [-0.39, 0.29) is 0 Å². The molecule has 0 atom stereocenters. The molecule has 1 rings (SSSR count). The van der Waals surface area contributed by atoms with Crippen molar-refractivity contribution in [3.05, 3.63) is 24.3 Å². The average molecular weight is 281 g/mol. The van der Waals surface area contributed by atoms with Gasteiger partial charge in [0.25, 0.3) is 14.2 Å². The second-order valence-electron chi connectivity index (χ2n) is 3.09.